The van der Waals surface area contributed by atoms with E-state index in [0.717, 1.165) is 6.42 Å². The van der Waals surface area contributed by atoms with E-state index in [4.69, 9.17) is 4.74 Å². The Morgan fingerprint density at radius 2 is 2.42 bits per heavy atom. The maximum atomic E-state index is 11.3. The van der Waals surface area contributed by atoms with Crippen molar-refractivity contribution in [3.63, 3.8) is 0 Å². The summed E-state index contributed by atoms with van der Waals surface area (Å²) >= 11 is 2.28. The number of hydrogen-bond acceptors (Lipinski definition) is 2. The van der Waals surface area contributed by atoms with Gasteiger partial charge in [0.25, 0.3) is 0 Å². The highest BCUT2D eigenvalue weighted by atomic mass is 127. The van der Waals surface area contributed by atoms with Crippen molar-refractivity contribution >= 4 is 28.6 Å². The van der Waals surface area contributed by atoms with Crippen LogP contribution in [0, 0.1) is 5.92 Å². The SMILES string of the molecule is COC(=O)C1C2=CC(=CC1I)C2. The first kappa shape index (κ1) is 8.29. The number of hydrogen-bond donors (Lipinski definition) is 0. The van der Waals surface area contributed by atoms with E-state index in [1.807, 2.05) is 0 Å². The highest BCUT2D eigenvalue weighted by Crippen LogP contribution is 2.42. The number of fused-ring (bicyclic) bond motifs is 2. The predicted octanol–water partition coefficient (Wildman–Crippen LogP) is 1.85. The van der Waals surface area contributed by atoms with Crippen molar-refractivity contribution in [2.75, 3.05) is 7.11 Å². The fraction of sp³-hybridized carbons (Fsp3) is 0.444. The molecule has 0 spiro atoms. The molecule has 2 nitrogen and oxygen atoms in total. The number of methoxy groups -OCH3 is 1. The normalized spacial score (nSPS) is 31.5. The molecule has 3 aliphatic rings. The maximum absolute atomic E-state index is 11.3. The molecule has 2 bridgehead atoms. The zero-order chi connectivity index (χ0) is 8.72. The number of carbonyl (C=O) groups is 1. The molecule has 0 saturated heterocycles. The first-order valence-corrected chi connectivity index (χ1v) is 5.10. The Kier molecular flexibility index (Phi) is 1.98. The topological polar surface area (TPSA) is 26.3 Å². The Balaban J connectivity index is 2.22. The standard InChI is InChI=1S/C9H9IO2/c1-12-9(11)8-6-2-5(3-6)4-7(8)10/h2,4,7-8H,3H2,1H3. The van der Waals surface area contributed by atoms with Gasteiger partial charge in [-0.1, -0.05) is 40.3 Å². The molecule has 12 heavy (non-hydrogen) atoms. The molecule has 0 aromatic rings. The third-order valence-corrected chi connectivity index (χ3v) is 3.40. The lowest BCUT2D eigenvalue weighted by Crippen LogP contribution is -2.32. The number of carbonyl (C=O) groups excluding carboxylic acids is 1. The molecule has 0 N–H and O–H groups in total. The number of rotatable bonds is 1. The number of ether oxygens (including phenoxy) is 1. The Morgan fingerprint density at radius 1 is 1.75 bits per heavy atom. The second kappa shape index (κ2) is 2.87. The van der Waals surface area contributed by atoms with E-state index in [1.165, 1.54) is 18.3 Å². The van der Waals surface area contributed by atoms with Crippen LogP contribution in [0.1, 0.15) is 6.42 Å². The lowest BCUT2D eigenvalue weighted by Gasteiger charge is -2.33. The van der Waals surface area contributed by atoms with Crippen molar-refractivity contribution in [1.29, 1.82) is 0 Å². The lowest BCUT2D eigenvalue weighted by molar-refractivity contribution is -0.143. The molecule has 0 fully saturated rings. The molecule has 0 aromatic heterocycles. The summed E-state index contributed by atoms with van der Waals surface area (Å²) in [7, 11) is 1.45. The van der Waals surface area contributed by atoms with E-state index in [1.54, 1.807) is 0 Å². The van der Waals surface area contributed by atoms with Gasteiger partial charge < -0.3 is 4.74 Å². The van der Waals surface area contributed by atoms with Gasteiger partial charge in [0.05, 0.1) is 13.0 Å². The highest BCUT2D eigenvalue weighted by molar-refractivity contribution is 14.1. The molecule has 0 saturated carbocycles. The van der Waals surface area contributed by atoms with E-state index in [2.05, 4.69) is 34.7 Å². The molecule has 2 unspecified atom stereocenters. The van der Waals surface area contributed by atoms with E-state index in [9.17, 15) is 4.79 Å². The smallest absolute Gasteiger partial charge is 0.314 e. The van der Waals surface area contributed by atoms with Crippen molar-refractivity contribution < 1.29 is 9.53 Å². The van der Waals surface area contributed by atoms with Gasteiger partial charge in [0.2, 0.25) is 0 Å². The maximum Gasteiger partial charge on any atom is 0.314 e. The molecule has 3 aliphatic carbocycles. The van der Waals surface area contributed by atoms with Crippen LogP contribution in [0.5, 0.6) is 0 Å². The average Bonchev–Trinajstić information content (AvgIpc) is 2.00. The van der Waals surface area contributed by atoms with Crippen molar-refractivity contribution in [1.82, 2.24) is 0 Å². The molecule has 2 atom stereocenters. The van der Waals surface area contributed by atoms with Crippen LogP contribution in [0.3, 0.4) is 0 Å². The van der Waals surface area contributed by atoms with E-state index in [-0.39, 0.29) is 11.9 Å². The summed E-state index contributed by atoms with van der Waals surface area (Å²) in [5.74, 6) is -0.122. The quantitative estimate of drug-likeness (QED) is 0.415. The number of alkyl halides is 1. The summed E-state index contributed by atoms with van der Waals surface area (Å²) in [4.78, 5) is 11.3. The minimum atomic E-state index is -0.101. The summed E-state index contributed by atoms with van der Waals surface area (Å²) in [6.07, 6.45) is 5.23. The van der Waals surface area contributed by atoms with Crippen LogP contribution in [0.25, 0.3) is 0 Å². The van der Waals surface area contributed by atoms with E-state index in [0.29, 0.717) is 3.92 Å². The summed E-state index contributed by atoms with van der Waals surface area (Å²) in [6, 6.07) is 0. The third-order valence-electron chi connectivity index (χ3n) is 2.33. The van der Waals surface area contributed by atoms with Crippen LogP contribution < -0.4 is 0 Å². The van der Waals surface area contributed by atoms with Gasteiger partial charge in [-0.3, -0.25) is 4.79 Å². The first-order valence-electron chi connectivity index (χ1n) is 3.85. The van der Waals surface area contributed by atoms with Gasteiger partial charge in [-0.2, -0.15) is 0 Å². The van der Waals surface area contributed by atoms with Crippen LogP contribution in [0.15, 0.2) is 23.3 Å². The second-order valence-electron chi connectivity index (χ2n) is 3.08. The van der Waals surface area contributed by atoms with Crippen molar-refractivity contribution in [2.24, 2.45) is 5.92 Å². The molecule has 0 aromatic carbocycles. The van der Waals surface area contributed by atoms with Gasteiger partial charge in [0.1, 0.15) is 0 Å². The Hall–Kier alpha value is -0.320. The van der Waals surface area contributed by atoms with Gasteiger partial charge in [-0.05, 0) is 12.0 Å². The zero-order valence-corrected chi connectivity index (χ0v) is 8.87. The Morgan fingerprint density at radius 3 is 2.92 bits per heavy atom. The summed E-state index contributed by atoms with van der Waals surface area (Å²) in [5.41, 5.74) is 2.60. The van der Waals surface area contributed by atoms with Crippen LogP contribution in [-0.4, -0.2) is 17.0 Å². The number of esters is 1. The molecule has 64 valence electrons. The number of allylic oxidation sites excluding steroid dienone is 3. The molecule has 3 rings (SSSR count). The average molecular weight is 276 g/mol. The molecular formula is C9H9IO2. The van der Waals surface area contributed by atoms with E-state index < -0.39 is 0 Å². The molecule has 0 radical (unpaired) electrons. The minimum absolute atomic E-state index is 0.0203. The summed E-state index contributed by atoms with van der Waals surface area (Å²) in [6.45, 7) is 0. The Labute approximate surface area is 84.8 Å². The van der Waals surface area contributed by atoms with Gasteiger partial charge in [0, 0.05) is 3.92 Å². The highest BCUT2D eigenvalue weighted by Gasteiger charge is 2.37. The summed E-state index contributed by atoms with van der Waals surface area (Å²) < 4.78 is 5.03. The fourth-order valence-corrected chi connectivity index (χ4v) is 2.88. The molecule has 0 amide bonds. The van der Waals surface area contributed by atoms with Crippen molar-refractivity contribution in [3.8, 4) is 0 Å². The molecule has 0 heterocycles. The van der Waals surface area contributed by atoms with Gasteiger partial charge in [-0.15, -0.1) is 0 Å². The molecular weight excluding hydrogens is 267 g/mol. The molecule has 3 heteroatoms. The number of halogens is 1. The predicted molar refractivity (Wildman–Crippen MR) is 54.1 cm³/mol. The van der Waals surface area contributed by atoms with Crippen molar-refractivity contribution in [3.05, 3.63) is 23.3 Å². The Bertz CT molecular complexity index is 291. The minimum Gasteiger partial charge on any atom is -0.469 e. The third kappa shape index (κ3) is 1.11. The van der Waals surface area contributed by atoms with Crippen LogP contribution in [0.4, 0.5) is 0 Å². The van der Waals surface area contributed by atoms with Gasteiger partial charge in [-0.25, -0.2) is 0 Å². The largest absolute Gasteiger partial charge is 0.469 e. The summed E-state index contributed by atoms with van der Waals surface area (Å²) in [5, 5.41) is 0. The van der Waals surface area contributed by atoms with Crippen LogP contribution in [-0.2, 0) is 9.53 Å². The van der Waals surface area contributed by atoms with Crippen LogP contribution in [0.2, 0.25) is 0 Å². The van der Waals surface area contributed by atoms with Crippen molar-refractivity contribution in [2.45, 2.75) is 10.3 Å². The zero-order valence-electron chi connectivity index (χ0n) is 6.71. The van der Waals surface area contributed by atoms with Crippen LogP contribution >= 0.6 is 22.6 Å². The first-order chi connectivity index (χ1) is 5.72. The lowest BCUT2D eigenvalue weighted by atomic mass is 9.76. The van der Waals surface area contributed by atoms with E-state index >= 15 is 0 Å². The monoisotopic (exact) mass is 276 g/mol. The second-order valence-corrected chi connectivity index (χ2v) is 4.52. The van der Waals surface area contributed by atoms with Gasteiger partial charge >= 0.3 is 5.97 Å². The fourth-order valence-electron chi connectivity index (χ4n) is 1.67. The van der Waals surface area contributed by atoms with Gasteiger partial charge in [0.15, 0.2) is 0 Å². The molecule has 0 aliphatic heterocycles.